The van der Waals surface area contributed by atoms with Crippen LogP contribution in [0.1, 0.15) is 19.3 Å². The third kappa shape index (κ3) is 5.61. The summed E-state index contributed by atoms with van der Waals surface area (Å²) in [7, 11) is 0. The van der Waals surface area contributed by atoms with Crippen LogP contribution in [-0.2, 0) is 19.2 Å². The molecule has 4 aliphatic rings. The molecule has 3 fully saturated rings. The van der Waals surface area contributed by atoms with Gasteiger partial charge in [0.1, 0.15) is 22.6 Å². The molecule has 2 aromatic heterocycles. The standard InChI is InChI=1S/C24H22N4O6S2.C3H4N2/c29-17(11-36-24-25-15-3-1-2-4-16(15)34-24)26-18-21(31)28-19(23(32)33)13(10-35-22(18)28)9-12-7-8-27(20(12)30)14-5-6-14;1-2-5-3-4-1/h1-4,9,14,18,22H,5-8,10-11H2,(H,26,29)(H,32,33);1-3H,(H,4,5)/b12-9+;/t18-,22-;/m1./s1. The van der Waals surface area contributed by atoms with E-state index in [1.165, 1.54) is 16.7 Å². The number of amides is 3. The van der Waals surface area contributed by atoms with E-state index < -0.39 is 23.3 Å². The highest BCUT2D eigenvalue weighted by Gasteiger charge is 2.54. The number of carboxylic acid groups (broad SMARTS) is 1. The van der Waals surface area contributed by atoms with Gasteiger partial charge in [-0.3, -0.25) is 19.3 Å². The number of carbonyl (C=O) groups is 4. The lowest BCUT2D eigenvalue weighted by atomic mass is 10.0. The second-order valence-corrected chi connectivity index (χ2v) is 11.8. The molecule has 0 unspecified atom stereocenters. The number of hydrogen-bond acceptors (Lipinski definition) is 9. The molecule has 1 aromatic carbocycles. The van der Waals surface area contributed by atoms with E-state index in [0.717, 1.165) is 24.6 Å². The van der Waals surface area contributed by atoms with Gasteiger partial charge in [-0.2, -0.15) is 0 Å². The summed E-state index contributed by atoms with van der Waals surface area (Å²) in [6, 6.07) is 6.78. The van der Waals surface area contributed by atoms with Gasteiger partial charge < -0.3 is 24.7 Å². The Labute approximate surface area is 242 Å². The van der Waals surface area contributed by atoms with Crippen molar-refractivity contribution >= 4 is 58.3 Å². The zero-order valence-electron chi connectivity index (χ0n) is 21.7. The van der Waals surface area contributed by atoms with E-state index in [4.69, 9.17) is 4.42 Å². The molecule has 1 aliphatic carbocycles. The summed E-state index contributed by atoms with van der Waals surface area (Å²) in [6.07, 6.45) is 9.34. The first kappa shape index (κ1) is 27.1. The van der Waals surface area contributed by atoms with Crippen LogP contribution in [0.5, 0.6) is 0 Å². The molecule has 3 amide bonds. The number of aromatic nitrogens is 3. The van der Waals surface area contributed by atoms with E-state index in [1.54, 1.807) is 30.9 Å². The lowest BCUT2D eigenvalue weighted by Crippen LogP contribution is -2.70. The molecule has 2 atom stereocenters. The molecule has 212 valence electrons. The van der Waals surface area contributed by atoms with Crippen molar-refractivity contribution in [2.75, 3.05) is 18.1 Å². The van der Waals surface area contributed by atoms with Gasteiger partial charge in [-0.05, 0) is 43.0 Å². The minimum absolute atomic E-state index is 0.00652. The number of thioether (sulfide) groups is 2. The molecular weight excluding hydrogens is 568 g/mol. The number of fused-ring (bicyclic) bond motifs is 2. The monoisotopic (exact) mass is 594 g/mol. The maximum atomic E-state index is 12.9. The Morgan fingerprint density at radius 3 is 2.78 bits per heavy atom. The van der Waals surface area contributed by atoms with Gasteiger partial charge in [0, 0.05) is 36.3 Å². The summed E-state index contributed by atoms with van der Waals surface area (Å²) in [5, 5.41) is 12.4. The molecule has 2 saturated heterocycles. The number of imidazole rings is 1. The maximum Gasteiger partial charge on any atom is 0.352 e. The van der Waals surface area contributed by atoms with Gasteiger partial charge in [-0.15, -0.1) is 11.8 Å². The number of benzene rings is 1. The lowest BCUT2D eigenvalue weighted by molar-refractivity contribution is -0.150. The highest BCUT2D eigenvalue weighted by molar-refractivity contribution is 8.00. The van der Waals surface area contributed by atoms with Gasteiger partial charge in [0.05, 0.1) is 12.1 Å². The SMILES string of the molecule is O=C(CSc1nc2ccccc2o1)N[C@@H]1C(=O)N2C(C(=O)O)=C(/C=C3\CCN(C4CC4)C3=O)CS[C@H]12.c1c[nH]cn1. The number of carboxylic acids is 1. The average Bonchev–Trinajstić information content (AvgIpc) is 3.32. The van der Waals surface area contributed by atoms with Crippen molar-refractivity contribution in [2.45, 2.75) is 41.9 Å². The van der Waals surface area contributed by atoms with Crippen molar-refractivity contribution in [1.29, 1.82) is 0 Å². The number of aliphatic carboxylic acids is 1. The minimum Gasteiger partial charge on any atom is -0.477 e. The van der Waals surface area contributed by atoms with Gasteiger partial charge in [0.2, 0.25) is 11.8 Å². The summed E-state index contributed by atoms with van der Waals surface area (Å²) < 4.78 is 5.60. The second-order valence-electron chi connectivity index (χ2n) is 9.78. The first-order chi connectivity index (χ1) is 19.9. The van der Waals surface area contributed by atoms with Gasteiger partial charge in [-0.25, -0.2) is 14.8 Å². The average molecular weight is 595 g/mol. The Morgan fingerprint density at radius 2 is 2.10 bits per heavy atom. The van der Waals surface area contributed by atoms with E-state index in [2.05, 4.69) is 20.3 Å². The van der Waals surface area contributed by atoms with Gasteiger partial charge >= 0.3 is 5.97 Å². The van der Waals surface area contributed by atoms with E-state index in [9.17, 15) is 24.3 Å². The number of oxazole rings is 1. The normalized spacial score (nSPS) is 22.9. The fraction of sp³-hybridized carbons (Fsp3) is 0.333. The Balaban J connectivity index is 0.000000548. The molecule has 5 heterocycles. The molecule has 41 heavy (non-hydrogen) atoms. The highest BCUT2D eigenvalue weighted by atomic mass is 32.2. The summed E-state index contributed by atoms with van der Waals surface area (Å²) in [5.74, 6) is -1.77. The van der Waals surface area contributed by atoms with Crippen LogP contribution in [0.2, 0.25) is 0 Å². The van der Waals surface area contributed by atoms with Crippen LogP contribution in [0.15, 0.2) is 75.5 Å². The highest BCUT2D eigenvalue weighted by Crippen LogP contribution is 2.42. The minimum atomic E-state index is -1.22. The molecule has 3 N–H and O–H groups in total. The van der Waals surface area contributed by atoms with Gasteiger partial charge in [0.15, 0.2) is 5.58 Å². The van der Waals surface area contributed by atoms with E-state index >= 15 is 0 Å². The van der Waals surface area contributed by atoms with Crippen LogP contribution in [0.4, 0.5) is 0 Å². The predicted octanol–water partition coefficient (Wildman–Crippen LogP) is 2.39. The fourth-order valence-corrected chi connectivity index (χ4v) is 6.89. The van der Waals surface area contributed by atoms with Crippen LogP contribution in [0, 0.1) is 0 Å². The Hall–Kier alpha value is -4.04. The Kier molecular flexibility index (Phi) is 7.58. The van der Waals surface area contributed by atoms with Crippen LogP contribution in [0.25, 0.3) is 11.1 Å². The molecule has 7 rings (SSSR count). The van der Waals surface area contributed by atoms with Crippen molar-refractivity contribution in [3.63, 3.8) is 0 Å². The Morgan fingerprint density at radius 1 is 1.27 bits per heavy atom. The van der Waals surface area contributed by atoms with Crippen molar-refractivity contribution < 1.29 is 28.7 Å². The number of allylic oxidation sites excluding steroid dienone is 1. The quantitative estimate of drug-likeness (QED) is 0.210. The molecule has 3 aliphatic heterocycles. The number of β-lactam (4-membered cyclic amide) rings is 1. The molecule has 0 bridgehead atoms. The number of hydrogen-bond donors (Lipinski definition) is 3. The van der Waals surface area contributed by atoms with Crippen molar-refractivity contribution in [1.82, 2.24) is 30.1 Å². The number of rotatable bonds is 7. The predicted molar refractivity (Wildman–Crippen MR) is 150 cm³/mol. The fourth-order valence-electron chi connectivity index (χ4n) is 4.94. The first-order valence-electron chi connectivity index (χ1n) is 13.0. The molecule has 0 spiro atoms. The summed E-state index contributed by atoms with van der Waals surface area (Å²) in [6.45, 7) is 0.652. The molecule has 1 saturated carbocycles. The largest absolute Gasteiger partial charge is 0.477 e. The maximum absolute atomic E-state index is 12.9. The number of para-hydroxylation sites is 2. The van der Waals surface area contributed by atoms with Crippen LogP contribution in [0.3, 0.4) is 0 Å². The summed E-state index contributed by atoms with van der Waals surface area (Å²) in [5.41, 5.74) is 2.25. The van der Waals surface area contributed by atoms with Crippen molar-refractivity contribution in [2.24, 2.45) is 0 Å². The van der Waals surface area contributed by atoms with Crippen LogP contribution < -0.4 is 5.32 Å². The molecular formula is C27H26N6O6S2. The summed E-state index contributed by atoms with van der Waals surface area (Å²) >= 11 is 2.50. The number of carbonyl (C=O) groups excluding carboxylic acids is 3. The molecule has 0 radical (unpaired) electrons. The molecule has 3 aromatic rings. The number of likely N-dealkylation sites (tertiary alicyclic amines) is 1. The topological polar surface area (TPSA) is 162 Å². The lowest BCUT2D eigenvalue weighted by Gasteiger charge is -2.49. The van der Waals surface area contributed by atoms with Crippen molar-refractivity contribution in [3.8, 4) is 0 Å². The molecule has 12 nitrogen and oxygen atoms in total. The smallest absolute Gasteiger partial charge is 0.352 e. The number of aromatic amines is 1. The zero-order chi connectivity index (χ0) is 28.5. The van der Waals surface area contributed by atoms with Gasteiger partial charge in [0.25, 0.3) is 11.1 Å². The first-order valence-corrected chi connectivity index (χ1v) is 15.1. The van der Waals surface area contributed by atoms with E-state index in [-0.39, 0.29) is 23.3 Å². The van der Waals surface area contributed by atoms with Crippen LogP contribution >= 0.6 is 23.5 Å². The van der Waals surface area contributed by atoms with E-state index in [1.807, 2.05) is 23.1 Å². The number of nitrogens with zero attached hydrogens (tertiary/aromatic N) is 4. The summed E-state index contributed by atoms with van der Waals surface area (Å²) in [4.78, 5) is 64.0. The van der Waals surface area contributed by atoms with Gasteiger partial charge in [-0.1, -0.05) is 23.9 Å². The third-order valence-electron chi connectivity index (χ3n) is 7.02. The Bertz CT molecular complexity index is 1510. The van der Waals surface area contributed by atoms with Crippen molar-refractivity contribution in [3.05, 3.63) is 65.9 Å². The van der Waals surface area contributed by atoms with Crippen LogP contribution in [-0.4, -0.2) is 89.1 Å². The third-order valence-corrected chi connectivity index (χ3v) is 9.15. The zero-order valence-corrected chi connectivity index (χ0v) is 23.3. The second kappa shape index (κ2) is 11.4. The molecule has 14 heteroatoms. The number of H-pyrrole nitrogens is 1. The van der Waals surface area contributed by atoms with E-state index in [0.29, 0.717) is 52.2 Å². The number of nitrogens with one attached hydrogen (secondary N) is 2.